The molecule has 3 heterocycles. The zero-order valence-corrected chi connectivity index (χ0v) is 21.6. The van der Waals surface area contributed by atoms with Crippen LogP contribution >= 0.6 is 11.3 Å². The number of carbonyl (C=O) groups is 1. The molecule has 3 aromatic rings. The summed E-state index contributed by atoms with van der Waals surface area (Å²) in [5.41, 5.74) is 3.93. The van der Waals surface area contributed by atoms with Crippen LogP contribution in [0, 0.1) is 5.92 Å². The van der Waals surface area contributed by atoms with Gasteiger partial charge in [0.2, 0.25) is 0 Å². The van der Waals surface area contributed by atoms with E-state index in [9.17, 15) is 14.7 Å². The molecule has 35 heavy (non-hydrogen) atoms. The van der Waals surface area contributed by atoms with Gasteiger partial charge in [0.25, 0.3) is 0 Å². The quantitative estimate of drug-likeness (QED) is 0.386. The summed E-state index contributed by atoms with van der Waals surface area (Å²) in [5, 5.41) is 12.5. The highest BCUT2D eigenvalue weighted by molar-refractivity contribution is 7.13. The van der Waals surface area contributed by atoms with Crippen molar-refractivity contribution in [3.63, 3.8) is 0 Å². The van der Waals surface area contributed by atoms with Gasteiger partial charge in [-0.2, -0.15) is 0 Å². The summed E-state index contributed by atoms with van der Waals surface area (Å²) in [7, 11) is 1.68. The molecule has 1 aromatic carbocycles. The minimum atomic E-state index is -1.21. The highest BCUT2D eigenvalue weighted by Crippen LogP contribution is 2.44. The van der Waals surface area contributed by atoms with Gasteiger partial charge in [-0.05, 0) is 36.0 Å². The maximum atomic E-state index is 12.7. The van der Waals surface area contributed by atoms with Crippen LogP contribution < -0.4 is 10.2 Å². The van der Waals surface area contributed by atoms with Gasteiger partial charge in [-0.25, -0.2) is 9.78 Å². The Kier molecular flexibility index (Phi) is 7.42. The monoisotopic (exact) mass is 496 g/mol. The van der Waals surface area contributed by atoms with Crippen molar-refractivity contribution in [1.82, 2.24) is 9.55 Å². The van der Waals surface area contributed by atoms with Gasteiger partial charge < -0.3 is 19.1 Å². The van der Waals surface area contributed by atoms with Crippen molar-refractivity contribution in [2.24, 2.45) is 5.92 Å². The molecule has 1 N–H and O–H groups in total. The van der Waals surface area contributed by atoms with Crippen LogP contribution in [0.5, 0.6) is 5.75 Å². The number of aromatic carboxylic acids is 1. The maximum absolute atomic E-state index is 12.7. The second-order valence-electron chi connectivity index (χ2n) is 9.60. The van der Waals surface area contributed by atoms with E-state index in [1.165, 1.54) is 12.3 Å². The highest BCUT2D eigenvalue weighted by atomic mass is 32.1. The number of fused-ring (bicyclic) bond motifs is 3. The Hall–Kier alpha value is -2.97. The molecule has 0 fully saturated rings. The van der Waals surface area contributed by atoms with E-state index in [1.807, 2.05) is 10.6 Å². The summed E-state index contributed by atoms with van der Waals surface area (Å²) in [6.45, 7) is 9.58. The van der Waals surface area contributed by atoms with Gasteiger partial charge >= 0.3 is 5.97 Å². The number of aromatic nitrogens is 2. The molecule has 0 saturated heterocycles. The highest BCUT2D eigenvalue weighted by Gasteiger charge is 2.29. The molecule has 2 aromatic heterocycles. The summed E-state index contributed by atoms with van der Waals surface area (Å²) < 4.78 is 13.4. The fraction of sp³-hybridized carbons (Fsp3) is 0.444. The number of carboxylic acids is 1. The second-order valence-corrected chi connectivity index (χ2v) is 10.5. The normalized spacial score (nSPS) is 14.8. The van der Waals surface area contributed by atoms with E-state index in [0.717, 1.165) is 45.3 Å². The van der Waals surface area contributed by atoms with Crippen molar-refractivity contribution in [2.75, 3.05) is 20.3 Å². The minimum absolute atomic E-state index is 0.0239. The number of carboxylic acid groups (broad SMARTS) is 1. The van der Waals surface area contributed by atoms with E-state index in [0.29, 0.717) is 25.6 Å². The van der Waals surface area contributed by atoms with Gasteiger partial charge in [0.1, 0.15) is 16.3 Å². The number of hydrogen-bond acceptors (Lipinski definition) is 6. The number of benzene rings is 1. The number of ether oxygens (including phenoxy) is 2. The predicted molar refractivity (Wildman–Crippen MR) is 138 cm³/mol. The molecule has 1 aliphatic rings. The molecule has 4 rings (SSSR count). The molecular weight excluding hydrogens is 464 g/mol. The lowest BCUT2D eigenvalue weighted by Gasteiger charge is -2.34. The lowest BCUT2D eigenvalue weighted by atomic mass is 9.86. The first kappa shape index (κ1) is 25.1. The van der Waals surface area contributed by atoms with Crippen LogP contribution in [0.15, 0.2) is 34.6 Å². The Morgan fingerprint density at radius 3 is 2.60 bits per heavy atom. The summed E-state index contributed by atoms with van der Waals surface area (Å²) in [6.07, 6.45) is 2.99. The lowest BCUT2D eigenvalue weighted by molar-refractivity contribution is 0.0694. The van der Waals surface area contributed by atoms with E-state index >= 15 is 0 Å². The van der Waals surface area contributed by atoms with Gasteiger partial charge in [-0.1, -0.05) is 27.7 Å². The molecule has 8 heteroatoms. The molecule has 1 unspecified atom stereocenters. The first-order valence-corrected chi connectivity index (χ1v) is 12.8. The fourth-order valence-electron chi connectivity index (χ4n) is 4.46. The first-order chi connectivity index (χ1) is 16.7. The third-order valence-electron chi connectivity index (χ3n) is 6.44. The van der Waals surface area contributed by atoms with Crippen molar-refractivity contribution < 1.29 is 19.4 Å². The Morgan fingerprint density at radius 1 is 1.20 bits per heavy atom. The van der Waals surface area contributed by atoms with Crippen LogP contribution in [0.4, 0.5) is 0 Å². The maximum Gasteiger partial charge on any atom is 0.341 e. The Labute approximate surface area is 209 Å². The fourth-order valence-corrected chi connectivity index (χ4v) is 5.46. The second kappa shape index (κ2) is 10.3. The summed E-state index contributed by atoms with van der Waals surface area (Å²) in [6, 6.07) is 5.60. The van der Waals surface area contributed by atoms with Crippen LogP contribution in [0.25, 0.3) is 21.8 Å². The molecule has 186 valence electrons. The molecule has 1 aliphatic heterocycles. The largest absolute Gasteiger partial charge is 0.493 e. The van der Waals surface area contributed by atoms with Gasteiger partial charge in [-0.15, -0.1) is 11.3 Å². The van der Waals surface area contributed by atoms with E-state index in [1.54, 1.807) is 18.4 Å². The van der Waals surface area contributed by atoms with Crippen LogP contribution in [-0.2, 0) is 11.2 Å². The van der Waals surface area contributed by atoms with Crippen LogP contribution in [0.2, 0.25) is 0 Å². The Balaban J connectivity index is 1.89. The van der Waals surface area contributed by atoms with Crippen molar-refractivity contribution in [3.05, 3.63) is 56.8 Å². The number of hydrogen-bond donors (Lipinski definition) is 1. The summed E-state index contributed by atoms with van der Waals surface area (Å²) in [4.78, 5) is 29.2. The van der Waals surface area contributed by atoms with Gasteiger partial charge in [0.15, 0.2) is 5.43 Å². The standard InChI is InChI=1S/C27H32N2O5S/c1-15(2)21-14-35-26(28-21)19-11-18-17(10-25(19)34-8-6-7-33-5)9-22(16(3)4)29-13-20(27(31)32)24(30)12-23(18)29/h10-16,22H,6-9H2,1-5H3,(H,31,32). The molecule has 1 atom stereocenters. The molecule has 0 spiro atoms. The van der Waals surface area contributed by atoms with Crippen LogP contribution in [0.3, 0.4) is 0 Å². The van der Waals surface area contributed by atoms with Crippen molar-refractivity contribution >= 4 is 17.3 Å². The minimum Gasteiger partial charge on any atom is -0.493 e. The topological polar surface area (TPSA) is 90.7 Å². The average molecular weight is 497 g/mol. The molecule has 0 aliphatic carbocycles. The molecular formula is C27H32N2O5S. The van der Waals surface area contributed by atoms with Gasteiger partial charge in [-0.3, -0.25) is 4.79 Å². The predicted octanol–water partition coefficient (Wildman–Crippen LogP) is 5.63. The smallest absolute Gasteiger partial charge is 0.341 e. The third kappa shape index (κ3) is 5.04. The van der Waals surface area contributed by atoms with E-state index < -0.39 is 11.4 Å². The van der Waals surface area contributed by atoms with E-state index in [2.05, 4.69) is 39.1 Å². The van der Waals surface area contributed by atoms with E-state index in [-0.39, 0.29) is 17.5 Å². The number of rotatable bonds is 9. The van der Waals surface area contributed by atoms with Crippen LogP contribution in [-0.4, -0.2) is 41.0 Å². The van der Waals surface area contributed by atoms with E-state index in [4.69, 9.17) is 14.5 Å². The number of thiazole rings is 1. The van der Waals surface area contributed by atoms with Gasteiger partial charge in [0.05, 0.1) is 23.6 Å². The summed E-state index contributed by atoms with van der Waals surface area (Å²) in [5.74, 6) is 0.113. The summed E-state index contributed by atoms with van der Waals surface area (Å²) >= 11 is 1.57. The first-order valence-electron chi connectivity index (χ1n) is 12.0. The molecule has 0 saturated carbocycles. The SMILES string of the molecule is COCCCOc1cc2c(cc1-c1nc(C(C)C)cs1)-c1cc(=O)c(C(=O)O)cn1C(C(C)C)C2. The molecule has 0 radical (unpaired) electrons. The molecule has 7 nitrogen and oxygen atoms in total. The average Bonchev–Trinajstić information content (AvgIpc) is 3.30. The zero-order chi connectivity index (χ0) is 25.3. The van der Waals surface area contributed by atoms with Crippen molar-refractivity contribution in [3.8, 4) is 27.6 Å². The van der Waals surface area contributed by atoms with Crippen LogP contribution in [0.1, 0.15) is 67.7 Å². The lowest BCUT2D eigenvalue weighted by Crippen LogP contribution is -2.28. The van der Waals surface area contributed by atoms with Crippen molar-refractivity contribution in [2.45, 2.75) is 52.5 Å². The van der Waals surface area contributed by atoms with Gasteiger partial charge in [0, 0.05) is 49.4 Å². The zero-order valence-electron chi connectivity index (χ0n) is 20.8. The number of nitrogens with zero attached hydrogens (tertiary/aromatic N) is 2. The molecule has 0 bridgehead atoms. The van der Waals surface area contributed by atoms with Crippen molar-refractivity contribution in [1.29, 1.82) is 0 Å². The Bertz CT molecular complexity index is 1290. The third-order valence-corrected chi connectivity index (χ3v) is 7.34. The molecule has 0 amide bonds. The number of methoxy groups -OCH3 is 1. The number of pyridine rings is 1. The Morgan fingerprint density at radius 2 is 1.97 bits per heavy atom.